The Hall–Kier alpha value is -1.36. The van der Waals surface area contributed by atoms with E-state index in [0.717, 1.165) is 36.3 Å². The zero-order valence-corrected chi connectivity index (χ0v) is 11.6. The van der Waals surface area contributed by atoms with E-state index in [1.54, 1.807) is 0 Å². The van der Waals surface area contributed by atoms with E-state index in [1.165, 1.54) is 0 Å². The molecule has 0 saturated carbocycles. The van der Waals surface area contributed by atoms with Gasteiger partial charge < -0.3 is 10.6 Å². The number of rotatable bonds is 3. The van der Waals surface area contributed by atoms with Gasteiger partial charge in [-0.2, -0.15) is 5.10 Å². The smallest absolute Gasteiger partial charge is 0.240 e. The van der Waals surface area contributed by atoms with Crippen LogP contribution in [0.1, 0.15) is 36.7 Å². The maximum atomic E-state index is 12.2. The molecule has 0 radical (unpaired) electrons. The molecule has 2 N–H and O–H groups in total. The molecule has 2 heterocycles. The van der Waals surface area contributed by atoms with Gasteiger partial charge in [-0.3, -0.25) is 9.48 Å². The molecule has 18 heavy (non-hydrogen) atoms. The van der Waals surface area contributed by atoms with Crippen LogP contribution in [0.25, 0.3) is 0 Å². The summed E-state index contributed by atoms with van der Waals surface area (Å²) in [6.45, 7) is 7.45. The fourth-order valence-electron chi connectivity index (χ4n) is 2.53. The van der Waals surface area contributed by atoms with Gasteiger partial charge in [0.15, 0.2) is 0 Å². The third-order valence-corrected chi connectivity index (χ3v) is 3.95. The molecule has 1 aliphatic heterocycles. The predicted molar refractivity (Wildman–Crippen MR) is 70.2 cm³/mol. The second kappa shape index (κ2) is 4.72. The quantitative estimate of drug-likeness (QED) is 0.834. The van der Waals surface area contributed by atoms with Crippen LogP contribution in [0, 0.1) is 13.8 Å². The SMILES string of the molecule is Cc1nn(C)c(C)c1CNC(=O)C1(C)CCCN1. The summed E-state index contributed by atoms with van der Waals surface area (Å²) in [4.78, 5) is 12.2. The van der Waals surface area contributed by atoms with Crippen LogP contribution in [0.2, 0.25) is 0 Å². The molecular formula is C13H22N4O. The first-order valence-corrected chi connectivity index (χ1v) is 6.46. The zero-order valence-electron chi connectivity index (χ0n) is 11.6. The van der Waals surface area contributed by atoms with Crippen LogP contribution in [0.4, 0.5) is 0 Å². The number of aromatic nitrogens is 2. The minimum Gasteiger partial charge on any atom is -0.350 e. The summed E-state index contributed by atoms with van der Waals surface area (Å²) >= 11 is 0. The van der Waals surface area contributed by atoms with Crippen LogP contribution in [0.15, 0.2) is 0 Å². The molecule has 5 nitrogen and oxygen atoms in total. The van der Waals surface area contributed by atoms with E-state index < -0.39 is 5.54 Å². The second-order valence-corrected chi connectivity index (χ2v) is 5.32. The molecule has 0 bridgehead atoms. The van der Waals surface area contributed by atoms with E-state index in [2.05, 4.69) is 15.7 Å². The Morgan fingerprint density at radius 2 is 2.28 bits per heavy atom. The Balaban J connectivity index is 2.01. The Labute approximate surface area is 108 Å². The number of hydrogen-bond donors (Lipinski definition) is 2. The molecule has 1 saturated heterocycles. The number of nitrogens with one attached hydrogen (secondary N) is 2. The summed E-state index contributed by atoms with van der Waals surface area (Å²) in [5.74, 6) is 0.0858. The number of nitrogens with zero attached hydrogens (tertiary/aromatic N) is 2. The van der Waals surface area contributed by atoms with Gasteiger partial charge in [0.2, 0.25) is 5.91 Å². The molecule has 1 unspecified atom stereocenters. The highest BCUT2D eigenvalue weighted by atomic mass is 16.2. The van der Waals surface area contributed by atoms with Crippen molar-refractivity contribution in [1.82, 2.24) is 20.4 Å². The van der Waals surface area contributed by atoms with E-state index in [1.807, 2.05) is 32.5 Å². The van der Waals surface area contributed by atoms with Crippen molar-refractivity contribution in [2.24, 2.45) is 7.05 Å². The minimum absolute atomic E-state index is 0.0858. The molecule has 0 aliphatic carbocycles. The average Bonchev–Trinajstić information content (AvgIpc) is 2.85. The second-order valence-electron chi connectivity index (χ2n) is 5.32. The van der Waals surface area contributed by atoms with Crippen molar-refractivity contribution in [3.05, 3.63) is 17.0 Å². The van der Waals surface area contributed by atoms with Crippen molar-refractivity contribution in [3.63, 3.8) is 0 Å². The van der Waals surface area contributed by atoms with Gasteiger partial charge in [0.1, 0.15) is 0 Å². The first-order valence-electron chi connectivity index (χ1n) is 6.46. The van der Waals surface area contributed by atoms with E-state index in [0.29, 0.717) is 6.54 Å². The molecule has 1 aromatic heterocycles. The summed E-state index contributed by atoms with van der Waals surface area (Å²) in [5.41, 5.74) is 2.81. The molecule has 1 amide bonds. The molecule has 1 aliphatic rings. The topological polar surface area (TPSA) is 59.0 Å². The molecule has 0 spiro atoms. The van der Waals surface area contributed by atoms with E-state index >= 15 is 0 Å². The number of amides is 1. The van der Waals surface area contributed by atoms with Crippen molar-refractivity contribution in [3.8, 4) is 0 Å². The number of hydrogen-bond acceptors (Lipinski definition) is 3. The van der Waals surface area contributed by atoms with Crippen LogP contribution < -0.4 is 10.6 Å². The lowest BCUT2D eigenvalue weighted by Gasteiger charge is -2.23. The molecule has 5 heteroatoms. The number of carbonyl (C=O) groups excluding carboxylic acids is 1. The predicted octanol–water partition coefficient (Wildman–Crippen LogP) is 0.795. The van der Waals surface area contributed by atoms with Gasteiger partial charge in [-0.1, -0.05) is 0 Å². The standard InChI is InChI=1S/C13H22N4O/c1-9-11(10(2)17(4)16-9)8-14-12(18)13(3)6-5-7-15-13/h15H,5-8H2,1-4H3,(H,14,18). The van der Waals surface area contributed by atoms with Crippen LogP contribution in [0.5, 0.6) is 0 Å². The third kappa shape index (κ3) is 2.27. The highest BCUT2D eigenvalue weighted by Crippen LogP contribution is 2.19. The van der Waals surface area contributed by atoms with E-state index in [9.17, 15) is 4.79 Å². The lowest BCUT2D eigenvalue weighted by Crippen LogP contribution is -2.50. The van der Waals surface area contributed by atoms with Gasteiger partial charge in [-0.05, 0) is 40.2 Å². The summed E-state index contributed by atoms with van der Waals surface area (Å²) in [6.07, 6.45) is 1.97. The van der Waals surface area contributed by atoms with Gasteiger partial charge >= 0.3 is 0 Å². The first-order chi connectivity index (χ1) is 8.44. The third-order valence-electron chi connectivity index (χ3n) is 3.95. The van der Waals surface area contributed by atoms with Gasteiger partial charge in [0, 0.05) is 24.8 Å². The highest BCUT2D eigenvalue weighted by Gasteiger charge is 2.35. The lowest BCUT2D eigenvalue weighted by atomic mass is 9.99. The molecule has 100 valence electrons. The summed E-state index contributed by atoms with van der Waals surface area (Å²) in [7, 11) is 1.92. The maximum Gasteiger partial charge on any atom is 0.240 e. The first kappa shape index (κ1) is 13.1. The molecule has 1 aromatic rings. The summed E-state index contributed by atoms with van der Waals surface area (Å²) in [5, 5.41) is 10.6. The minimum atomic E-state index is -0.399. The lowest BCUT2D eigenvalue weighted by molar-refractivity contribution is -0.126. The normalized spacial score (nSPS) is 23.3. The zero-order chi connectivity index (χ0) is 13.3. The Bertz CT molecular complexity index is 458. The highest BCUT2D eigenvalue weighted by molar-refractivity contribution is 5.86. The van der Waals surface area contributed by atoms with Crippen LogP contribution >= 0.6 is 0 Å². The van der Waals surface area contributed by atoms with Crippen LogP contribution in [-0.2, 0) is 18.4 Å². The van der Waals surface area contributed by atoms with E-state index in [4.69, 9.17) is 0 Å². The van der Waals surface area contributed by atoms with Crippen molar-refractivity contribution in [2.45, 2.75) is 45.7 Å². The maximum absolute atomic E-state index is 12.2. The van der Waals surface area contributed by atoms with Crippen molar-refractivity contribution in [2.75, 3.05) is 6.54 Å². The Kier molecular flexibility index (Phi) is 3.43. The Morgan fingerprint density at radius 3 is 2.78 bits per heavy atom. The number of carbonyl (C=O) groups is 1. The fourth-order valence-corrected chi connectivity index (χ4v) is 2.53. The number of aryl methyl sites for hydroxylation is 2. The van der Waals surface area contributed by atoms with Crippen LogP contribution in [-0.4, -0.2) is 27.8 Å². The van der Waals surface area contributed by atoms with Gasteiger partial charge in [0.25, 0.3) is 0 Å². The molecule has 2 rings (SSSR count). The van der Waals surface area contributed by atoms with Crippen molar-refractivity contribution in [1.29, 1.82) is 0 Å². The van der Waals surface area contributed by atoms with Crippen molar-refractivity contribution >= 4 is 5.91 Å². The van der Waals surface area contributed by atoms with Crippen LogP contribution in [0.3, 0.4) is 0 Å². The van der Waals surface area contributed by atoms with Crippen molar-refractivity contribution < 1.29 is 4.79 Å². The molecule has 1 atom stereocenters. The van der Waals surface area contributed by atoms with Gasteiger partial charge in [-0.25, -0.2) is 0 Å². The molecular weight excluding hydrogens is 228 g/mol. The summed E-state index contributed by atoms with van der Waals surface area (Å²) in [6, 6.07) is 0. The monoisotopic (exact) mass is 250 g/mol. The summed E-state index contributed by atoms with van der Waals surface area (Å²) < 4.78 is 1.85. The largest absolute Gasteiger partial charge is 0.350 e. The fraction of sp³-hybridized carbons (Fsp3) is 0.692. The van der Waals surface area contributed by atoms with E-state index in [-0.39, 0.29) is 5.91 Å². The van der Waals surface area contributed by atoms with Gasteiger partial charge in [0.05, 0.1) is 11.2 Å². The molecule has 0 aromatic carbocycles. The molecule has 1 fully saturated rings. The average molecular weight is 250 g/mol. The Morgan fingerprint density at radius 1 is 1.56 bits per heavy atom. The van der Waals surface area contributed by atoms with Gasteiger partial charge in [-0.15, -0.1) is 0 Å².